The van der Waals surface area contributed by atoms with E-state index in [0.717, 1.165) is 24.4 Å². The minimum Gasteiger partial charge on any atom is -0.382 e. The Morgan fingerprint density at radius 3 is 3.00 bits per heavy atom. The van der Waals surface area contributed by atoms with Gasteiger partial charge in [-0.25, -0.2) is 4.68 Å². The average Bonchev–Trinajstić information content (AvgIpc) is 2.28. The van der Waals surface area contributed by atoms with Crippen molar-refractivity contribution in [1.29, 1.82) is 0 Å². The summed E-state index contributed by atoms with van der Waals surface area (Å²) in [6.45, 7) is 3.51. The van der Waals surface area contributed by atoms with Crippen molar-refractivity contribution in [3.63, 3.8) is 0 Å². The largest absolute Gasteiger partial charge is 0.382 e. The van der Waals surface area contributed by atoms with Gasteiger partial charge < -0.3 is 5.32 Å². The second kappa shape index (κ2) is 6.96. The molecule has 0 radical (unpaired) electrons. The van der Waals surface area contributed by atoms with Crippen molar-refractivity contribution in [2.45, 2.75) is 19.9 Å². The Labute approximate surface area is 108 Å². The minimum absolute atomic E-state index is 0.0731. The van der Waals surface area contributed by atoms with E-state index in [2.05, 4.69) is 26.3 Å². The molecule has 0 bridgehead atoms. The van der Waals surface area contributed by atoms with E-state index in [9.17, 15) is 4.79 Å². The predicted octanol–water partition coefficient (Wildman–Crippen LogP) is 2.19. The van der Waals surface area contributed by atoms with Crippen LogP contribution >= 0.6 is 27.7 Å². The van der Waals surface area contributed by atoms with Gasteiger partial charge in [0.15, 0.2) is 0 Å². The van der Waals surface area contributed by atoms with E-state index in [1.54, 1.807) is 18.0 Å². The number of aromatic nitrogens is 2. The SMILES string of the molecule is CCCn1ncc(NCCSC)c(Br)c1=O. The number of nitrogens with zero attached hydrogens (tertiary/aromatic N) is 2. The molecular formula is C10H16BrN3OS. The smallest absolute Gasteiger partial charge is 0.283 e. The molecule has 1 aromatic heterocycles. The van der Waals surface area contributed by atoms with Crippen LogP contribution in [0.3, 0.4) is 0 Å². The van der Waals surface area contributed by atoms with E-state index in [0.29, 0.717) is 11.0 Å². The Morgan fingerprint density at radius 1 is 1.62 bits per heavy atom. The topological polar surface area (TPSA) is 46.9 Å². The van der Waals surface area contributed by atoms with E-state index in [1.807, 2.05) is 13.2 Å². The van der Waals surface area contributed by atoms with Crippen LogP contribution in [0.15, 0.2) is 15.5 Å². The fraction of sp³-hybridized carbons (Fsp3) is 0.600. The fourth-order valence-electron chi connectivity index (χ4n) is 1.25. The Hall–Kier alpha value is -0.490. The summed E-state index contributed by atoms with van der Waals surface area (Å²) in [5.74, 6) is 1.00. The van der Waals surface area contributed by atoms with E-state index in [1.165, 1.54) is 4.68 Å². The third kappa shape index (κ3) is 3.52. The number of nitrogens with one attached hydrogen (secondary N) is 1. The number of anilines is 1. The van der Waals surface area contributed by atoms with Crippen molar-refractivity contribution in [2.24, 2.45) is 0 Å². The summed E-state index contributed by atoms with van der Waals surface area (Å²) >= 11 is 5.07. The maximum Gasteiger partial charge on any atom is 0.283 e. The molecule has 0 aliphatic heterocycles. The van der Waals surface area contributed by atoms with Crippen molar-refractivity contribution >= 4 is 33.4 Å². The van der Waals surface area contributed by atoms with Gasteiger partial charge in [-0.15, -0.1) is 0 Å². The van der Waals surface area contributed by atoms with Crippen molar-refractivity contribution in [3.05, 3.63) is 21.0 Å². The normalized spacial score (nSPS) is 10.4. The van der Waals surface area contributed by atoms with Crippen LogP contribution in [0, 0.1) is 0 Å². The molecule has 4 nitrogen and oxygen atoms in total. The maximum atomic E-state index is 11.8. The fourth-order valence-corrected chi connectivity index (χ4v) is 2.00. The zero-order valence-corrected chi connectivity index (χ0v) is 11.9. The molecule has 16 heavy (non-hydrogen) atoms. The van der Waals surface area contributed by atoms with Gasteiger partial charge in [0, 0.05) is 18.8 Å². The first kappa shape index (κ1) is 13.6. The predicted molar refractivity (Wildman–Crippen MR) is 73.4 cm³/mol. The monoisotopic (exact) mass is 305 g/mol. The summed E-state index contributed by atoms with van der Waals surface area (Å²) < 4.78 is 2.04. The van der Waals surface area contributed by atoms with Crippen LogP contribution in [0.4, 0.5) is 5.69 Å². The summed E-state index contributed by atoms with van der Waals surface area (Å²) in [5.41, 5.74) is 0.697. The summed E-state index contributed by atoms with van der Waals surface area (Å²) in [5, 5.41) is 7.29. The Balaban J connectivity index is 2.81. The number of rotatable bonds is 6. The van der Waals surface area contributed by atoms with Crippen molar-refractivity contribution in [2.75, 3.05) is 23.9 Å². The molecule has 1 N–H and O–H groups in total. The lowest BCUT2D eigenvalue weighted by molar-refractivity contribution is 0.566. The number of hydrogen-bond donors (Lipinski definition) is 1. The quantitative estimate of drug-likeness (QED) is 0.819. The van der Waals surface area contributed by atoms with Crippen LogP contribution in [-0.4, -0.2) is 28.3 Å². The third-order valence-corrected chi connectivity index (χ3v) is 3.42. The van der Waals surface area contributed by atoms with E-state index < -0.39 is 0 Å². The molecule has 0 saturated heterocycles. The maximum absolute atomic E-state index is 11.8. The Kier molecular flexibility index (Phi) is 5.90. The van der Waals surface area contributed by atoms with Gasteiger partial charge >= 0.3 is 0 Å². The molecule has 1 aromatic rings. The van der Waals surface area contributed by atoms with E-state index in [4.69, 9.17) is 0 Å². The summed E-state index contributed by atoms with van der Waals surface area (Å²) in [6, 6.07) is 0. The highest BCUT2D eigenvalue weighted by Crippen LogP contribution is 2.15. The van der Waals surface area contributed by atoms with Gasteiger partial charge in [-0.2, -0.15) is 16.9 Å². The van der Waals surface area contributed by atoms with Gasteiger partial charge in [0.05, 0.1) is 11.9 Å². The van der Waals surface area contributed by atoms with Crippen LogP contribution < -0.4 is 10.9 Å². The van der Waals surface area contributed by atoms with Gasteiger partial charge in [0.25, 0.3) is 5.56 Å². The Bertz CT molecular complexity index is 394. The molecule has 0 atom stereocenters. The van der Waals surface area contributed by atoms with Gasteiger partial charge in [0.2, 0.25) is 0 Å². The average molecular weight is 306 g/mol. The lowest BCUT2D eigenvalue weighted by Crippen LogP contribution is -2.24. The first-order valence-corrected chi connectivity index (χ1v) is 7.37. The Morgan fingerprint density at radius 2 is 2.38 bits per heavy atom. The molecule has 1 heterocycles. The summed E-state index contributed by atoms with van der Waals surface area (Å²) in [7, 11) is 0. The molecule has 1 rings (SSSR count). The van der Waals surface area contributed by atoms with Gasteiger partial charge in [-0.05, 0) is 28.6 Å². The van der Waals surface area contributed by atoms with Crippen LogP contribution in [-0.2, 0) is 6.54 Å². The van der Waals surface area contributed by atoms with Crippen LogP contribution in [0.25, 0.3) is 0 Å². The lowest BCUT2D eigenvalue weighted by atomic mass is 10.4. The second-order valence-corrected chi connectivity index (χ2v) is 5.10. The molecular weight excluding hydrogens is 290 g/mol. The van der Waals surface area contributed by atoms with Gasteiger partial charge in [-0.3, -0.25) is 4.79 Å². The van der Waals surface area contributed by atoms with E-state index in [-0.39, 0.29) is 5.56 Å². The van der Waals surface area contributed by atoms with Crippen molar-refractivity contribution in [1.82, 2.24) is 9.78 Å². The number of halogens is 1. The molecule has 0 saturated carbocycles. The molecule has 90 valence electrons. The number of aryl methyl sites for hydroxylation is 1. The van der Waals surface area contributed by atoms with Gasteiger partial charge in [-0.1, -0.05) is 6.92 Å². The van der Waals surface area contributed by atoms with E-state index >= 15 is 0 Å². The molecule has 6 heteroatoms. The molecule has 0 aliphatic carbocycles. The standard InChI is InChI=1S/C10H16BrN3OS/c1-3-5-14-10(15)9(11)8(7-13-14)12-4-6-16-2/h7,12H,3-6H2,1-2H3. The van der Waals surface area contributed by atoms with Crippen LogP contribution in [0.1, 0.15) is 13.3 Å². The zero-order chi connectivity index (χ0) is 12.0. The first-order chi connectivity index (χ1) is 7.70. The molecule has 0 aromatic carbocycles. The molecule has 0 spiro atoms. The van der Waals surface area contributed by atoms with Crippen LogP contribution in [0.2, 0.25) is 0 Å². The molecule has 0 fully saturated rings. The summed E-state index contributed by atoms with van der Waals surface area (Å²) in [6.07, 6.45) is 4.65. The number of hydrogen-bond acceptors (Lipinski definition) is 4. The zero-order valence-electron chi connectivity index (χ0n) is 9.49. The second-order valence-electron chi connectivity index (χ2n) is 3.32. The molecule has 0 unspecified atom stereocenters. The first-order valence-electron chi connectivity index (χ1n) is 5.19. The minimum atomic E-state index is -0.0731. The van der Waals surface area contributed by atoms with Crippen LogP contribution in [0.5, 0.6) is 0 Å². The van der Waals surface area contributed by atoms with Crippen molar-refractivity contribution in [3.8, 4) is 0 Å². The molecule has 0 amide bonds. The highest BCUT2D eigenvalue weighted by Gasteiger charge is 2.07. The lowest BCUT2D eigenvalue weighted by Gasteiger charge is -2.09. The molecule has 0 aliphatic rings. The van der Waals surface area contributed by atoms with Crippen molar-refractivity contribution < 1.29 is 0 Å². The highest BCUT2D eigenvalue weighted by molar-refractivity contribution is 9.10. The highest BCUT2D eigenvalue weighted by atomic mass is 79.9. The van der Waals surface area contributed by atoms with Gasteiger partial charge in [0.1, 0.15) is 4.47 Å². The third-order valence-electron chi connectivity index (χ3n) is 2.04. The summed E-state index contributed by atoms with van der Waals surface area (Å²) in [4.78, 5) is 11.8. The number of thioether (sulfide) groups is 1.